The van der Waals surface area contributed by atoms with Crippen molar-refractivity contribution in [3.63, 3.8) is 0 Å². The molecule has 4 N–H and O–H groups in total. The predicted molar refractivity (Wildman–Crippen MR) is 113 cm³/mol. The minimum atomic E-state index is -2.80. The summed E-state index contributed by atoms with van der Waals surface area (Å²) in [5.74, 6) is -1.21. The van der Waals surface area contributed by atoms with E-state index in [0.717, 1.165) is 24.8 Å². The van der Waals surface area contributed by atoms with Gasteiger partial charge in [-0.05, 0) is 0 Å². The van der Waals surface area contributed by atoms with E-state index in [0.29, 0.717) is 6.42 Å². The van der Waals surface area contributed by atoms with Crippen LogP contribution in [0.25, 0.3) is 0 Å². The summed E-state index contributed by atoms with van der Waals surface area (Å²) in [7, 11) is 0. The fraction of sp³-hybridized carbons (Fsp3) is 0.667. The fourth-order valence-electron chi connectivity index (χ4n) is 3.64. The van der Waals surface area contributed by atoms with Crippen LogP contribution in [0.15, 0.2) is 18.2 Å². The summed E-state index contributed by atoms with van der Waals surface area (Å²) in [6, 6.07) is 3.95. The van der Waals surface area contributed by atoms with Crippen molar-refractivity contribution < 1.29 is 20.1 Å². The van der Waals surface area contributed by atoms with E-state index in [1.807, 2.05) is 0 Å². The molecule has 0 amide bonds. The number of carboxylic acid groups (broad SMARTS) is 1. The molecule has 0 aromatic heterocycles. The van der Waals surface area contributed by atoms with Gasteiger partial charge in [0, 0.05) is 0 Å². The molecule has 0 bridgehead atoms. The van der Waals surface area contributed by atoms with Crippen LogP contribution in [0.1, 0.15) is 64.9 Å². The molecule has 0 radical (unpaired) electrons. The van der Waals surface area contributed by atoms with Crippen molar-refractivity contribution >= 4 is 24.6 Å². The minimum absolute atomic E-state index is 0.180. The number of phenols is 2. The zero-order chi connectivity index (χ0) is 20.3. The molecule has 0 unspecified atom stereocenters. The summed E-state index contributed by atoms with van der Waals surface area (Å²) in [6.07, 6.45) is 7.26. The summed E-state index contributed by atoms with van der Waals surface area (Å²) in [4.78, 5) is 12.0. The molecule has 27 heavy (non-hydrogen) atoms. The maximum absolute atomic E-state index is 12.0. The summed E-state index contributed by atoms with van der Waals surface area (Å²) < 4.78 is 7.29. The number of hydrogen-bond acceptors (Lipinski definition) is 4. The van der Waals surface area contributed by atoms with Crippen LogP contribution in [-0.2, 0) is 11.2 Å². The molecule has 1 aromatic rings. The van der Waals surface area contributed by atoms with Crippen molar-refractivity contribution in [2.45, 2.75) is 85.1 Å². The molecule has 0 saturated carbocycles. The third kappa shape index (κ3) is 8.30. The van der Waals surface area contributed by atoms with E-state index in [-0.39, 0.29) is 11.5 Å². The quantitative estimate of drug-likeness (QED) is 0.219. The van der Waals surface area contributed by atoms with Gasteiger partial charge in [-0.15, -0.1) is 0 Å². The van der Waals surface area contributed by atoms with Gasteiger partial charge in [-0.3, -0.25) is 0 Å². The molecule has 5 nitrogen and oxygen atoms in total. The first-order chi connectivity index (χ1) is 12.9. The van der Waals surface area contributed by atoms with Crippen LogP contribution in [0.2, 0.25) is 13.3 Å². The summed E-state index contributed by atoms with van der Waals surface area (Å²) in [5, 5.41) is 29.1. The van der Waals surface area contributed by atoms with Crippen LogP contribution in [-0.4, -0.2) is 46.0 Å². The summed E-state index contributed by atoms with van der Waals surface area (Å²) in [6.45, 7) is 6.60. The van der Waals surface area contributed by atoms with Crippen molar-refractivity contribution in [3.8, 4) is 11.5 Å². The Hall–Kier alpha value is -0.951. The van der Waals surface area contributed by atoms with Gasteiger partial charge < -0.3 is 0 Å². The Balaban J connectivity index is 3.04. The van der Waals surface area contributed by atoms with E-state index in [1.54, 1.807) is 6.07 Å². The summed E-state index contributed by atoms with van der Waals surface area (Å²) in [5.41, 5.74) is 0.729. The van der Waals surface area contributed by atoms with E-state index in [4.69, 9.17) is 0 Å². The van der Waals surface area contributed by atoms with Crippen molar-refractivity contribution in [1.29, 1.82) is 0 Å². The Bertz CT molecular complexity index is 558. The zero-order valence-corrected chi connectivity index (χ0v) is 20.0. The average molecular weight is 486 g/mol. The van der Waals surface area contributed by atoms with Crippen molar-refractivity contribution in [2.75, 3.05) is 0 Å². The van der Waals surface area contributed by atoms with Gasteiger partial charge in [0.05, 0.1) is 0 Å². The van der Waals surface area contributed by atoms with Gasteiger partial charge in [-0.2, -0.15) is 0 Å². The normalized spacial score (nSPS) is 12.9. The Labute approximate surface area is 168 Å². The van der Waals surface area contributed by atoms with E-state index < -0.39 is 30.7 Å². The molecule has 1 rings (SSSR count). The maximum atomic E-state index is 12.0. The van der Waals surface area contributed by atoms with Gasteiger partial charge >= 0.3 is 169 Å². The molecule has 0 saturated heterocycles. The number of carbonyl (C=O) groups is 1. The standard InChI is InChI=1S/C9H10NO4.3C4H9.Sn/c10-6(9(13)14)3-5-1-2-7(11)8(12)4-5;3*1-3-4-2;/h1-2,4,6,10-12H,3H2,(H,13,14);3*1,3-4H2,2H3;/q-1;;;;+1/t6-;;;;/m0..../s1. The molecule has 0 aliphatic heterocycles. The Morgan fingerprint density at radius 1 is 0.963 bits per heavy atom. The number of hydrogen-bond donors (Lipinski definition) is 4. The van der Waals surface area contributed by atoms with E-state index in [1.165, 1.54) is 44.7 Å². The van der Waals surface area contributed by atoms with E-state index in [9.17, 15) is 20.1 Å². The third-order valence-electron chi connectivity index (χ3n) is 5.28. The number of rotatable bonds is 14. The van der Waals surface area contributed by atoms with Crippen LogP contribution >= 0.6 is 0 Å². The van der Waals surface area contributed by atoms with Crippen molar-refractivity contribution in [3.05, 3.63) is 23.8 Å². The SMILES string of the molecule is CCC[CH2][Sn]([CH2]CCC)([CH2]CCC)[NH][C@@H](Cc1ccc(O)c(O)c1)C(=O)O. The van der Waals surface area contributed by atoms with Gasteiger partial charge in [-0.1, -0.05) is 0 Å². The van der Waals surface area contributed by atoms with Crippen molar-refractivity contribution in [2.24, 2.45) is 0 Å². The Morgan fingerprint density at radius 2 is 1.48 bits per heavy atom. The Kier molecular flexibility index (Phi) is 11.1. The van der Waals surface area contributed by atoms with Crippen LogP contribution in [0.4, 0.5) is 0 Å². The number of carboxylic acids is 1. The number of phenolic OH excluding ortho intramolecular Hbond substituents is 2. The molecule has 0 spiro atoms. The molecule has 0 heterocycles. The Morgan fingerprint density at radius 3 is 1.89 bits per heavy atom. The average Bonchev–Trinajstić information content (AvgIpc) is 2.65. The molecular weight excluding hydrogens is 449 g/mol. The number of aromatic hydroxyl groups is 2. The molecule has 6 heteroatoms. The fourth-order valence-corrected chi connectivity index (χ4v) is 18.6. The van der Waals surface area contributed by atoms with Crippen LogP contribution in [0.5, 0.6) is 11.5 Å². The molecule has 0 aliphatic carbocycles. The second kappa shape index (κ2) is 12.5. The number of nitrogens with one attached hydrogen (secondary N) is 1. The molecule has 154 valence electrons. The molecule has 0 fully saturated rings. The third-order valence-corrected chi connectivity index (χ3v) is 19.2. The first-order valence-electron chi connectivity index (χ1n) is 10.4. The van der Waals surface area contributed by atoms with E-state index >= 15 is 0 Å². The molecule has 1 atom stereocenters. The van der Waals surface area contributed by atoms with Crippen LogP contribution in [0.3, 0.4) is 0 Å². The second-order valence-corrected chi connectivity index (χ2v) is 20.1. The summed E-state index contributed by atoms with van der Waals surface area (Å²) >= 11 is -2.80. The van der Waals surface area contributed by atoms with Gasteiger partial charge in [0.25, 0.3) is 0 Å². The number of aliphatic carboxylic acids is 1. The predicted octanol–water partition coefficient (Wildman–Crippen LogP) is 5.03. The first kappa shape index (κ1) is 24.1. The van der Waals surface area contributed by atoms with E-state index in [2.05, 4.69) is 24.3 Å². The van der Waals surface area contributed by atoms with Gasteiger partial charge in [0.1, 0.15) is 0 Å². The number of unbranched alkanes of at least 4 members (excludes halogenated alkanes) is 3. The number of benzene rings is 1. The molecule has 0 aliphatic rings. The second-order valence-electron chi connectivity index (χ2n) is 7.65. The van der Waals surface area contributed by atoms with Crippen LogP contribution in [0, 0.1) is 0 Å². The van der Waals surface area contributed by atoms with Gasteiger partial charge in [0.15, 0.2) is 0 Å². The zero-order valence-electron chi connectivity index (χ0n) is 17.1. The van der Waals surface area contributed by atoms with Crippen LogP contribution < -0.4 is 3.54 Å². The molecular formula is C21H37NO4Sn. The molecule has 1 aromatic carbocycles. The van der Waals surface area contributed by atoms with Gasteiger partial charge in [0.2, 0.25) is 0 Å². The monoisotopic (exact) mass is 487 g/mol. The first-order valence-corrected chi connectivity index (χ1v) is 17.9. The van der Waals surface area contributed by atoms with Gasteiger partial charge in [-0.25, -0.2) is 0 Å². The van der Waals surface area contributed by atoms with Crippen molar-refractivity contribution in [1.82, 2.24) is 3.54 Å². The topological polar surface area (TPSA) is 89.8 Å².